The van der Waals surface area contributed by atoms with E-state index >= 15 is 0 Å². The second-order valence-corrected chi connectivity index (χ2v) is 5.83. The van der Waals surface area contributed by atoms with Gasteiger partial charge in [0.05, 0.1) is 5.69 Å². The van der Waals surface area contributed by atoms with Crippen LogP contribution in [0, 0.1) is 5.82 Å². The molecule has 6 nitrogen and oxygen atoms in total. The summed E-state index contributed by atoms with van der Waals surface area (Å²) >= 11 is 1.08. The molecule has 0 aliphatic carbocycles. The van der Waals surface area contributed by atoms with Gasteiger partial charge in [-0.3, -0.25) is 9.78 Å². The molecule has 0 aromatic carbocycles. The van der Waals surface area contributed by atoms with Crippen LogP contribution in [0.3, 0.4) is 0 Å². The first-order valence-electron chi connectivity index (χ1n) is 5.42. The number of hydrogen-bond donors (Lipinski definition) is 2. The van der Waals surface area contributed by atoms with Crippen LogP contribution in [0.15, 0.2) is 15.0 Å². The minimum atomic E-state index is -1.41. The molecule has 2 aromatic heterocycles. The zero-order valence-electron chi connectivity index (χ0n) is 10.5. The fraction of sp³-hybridized carbons (Fsp3) is 0.364. The Labute approximate surface area is 111 Å². The number of nitrogens with zero attached hydrogens (tertiary/aromatic N) is 2. The van der Waals surface area contributed by atoms with E-state index in [0.717, 1.165) is 11.3 Å². The lowest BCUT2D eigenvalue weighted by molar-refractivity contribution is 0.385. The maximum Gasteiger partial charge on any atom is 0.337 e. The summed E-state index contributed by atoms with van der Waals surface area (Å²) in [5.41, 5.74) is -1.73. The summed E-state index contributed by atoms with van der Waals surface area (Å²) in [4.78, 5) is 28.6. The molecule has 0 aliphatic rings. The highest BCUT2D eigenvalue weighted by atomic mass is 32.1. The minimum Gasteiger partial charge on any atom is -0.492 e. The van der Waals surface area contributed by atoms with E-state index in [0.29, 0.717) is 10.3 Å². The summed E-state index contributed by atoms with van der Waals surface area (Å²) in [7, 11) is 0. The molecule has 2 aromatic rings. The van der Waals surface area contributed by atoms with E-state index in [2.05, 4.69) is 4.98 Å². The molecule has 102 valence electrons. The molecule has 2 N–H and O–H groups in total. The van der Waals surface area contributed by atoms with Crippen molar-refractivity contribution >= 4 is 11.3 Å². The molecule has 0 unspecified atom stereocenters. The third-order valence-electron chi connectivity index (χ3n) is 2.48. The van der Waals surface area contributed by atoms with Gasteiger partial charge in [-0.05, 0) is 0 Å². The summed E-state index contributed by atoms with van der Waals surface area (Å²) in [5.74, 6) is -2.45. The maximum absolute atomic E-state index is 13.3. The van der Waals surface area contributed by atoms with E-state index in [1.165, 1.54) is 0 Å². The van der Waals surface area contributed by atoms with Crippen LogP contribution in [-0.2, 0) is 5.41 Å². The Hall–Kier alpha value is -1.96. The van der Waals surface area contributed by atoms with E-state index < -0.39 is 22.9 Å². The highest BCUT2D eigenvalue weighted by Crippen LogP contribution is 2.26. The quantitative estimate of drug-likeness (QED) is 0.822. The number of thiazole rings is 1. The molecule has 0 saturated carbocycles. The zero-order valence-corrected chi connectivity index (χ0v) is 11.3. The van der Waals surface area contributed by atoms with E-state index in [9.17, 15) is 19.1 Å². The van der Waals surface area contributed by atoms with Gasteiger partial charge in [0.2, 0.25) is 16.8 Å². The van der Waals surface area contributed by atoms with Crippen molar-refractivity contribution in [3.8, 4) is 11.0 Å². The molecule has 0 fully saturated rings. The zero-order chi connectivity index (χ0) is 14.4. The van der Waals surface area contributed by atoms with Gasteiger partial charge in [-0.25, -0.2) is 14.3 Å². The normalized spacial score (nSPS) is 11.8. The smallest absolute Gasteiger partial charge is 0.337 e. The van der Waals surface area contributed by atoms with Crippen molar-refractivity contribution in [2.75, 3.05) is 0 Å². The van der Waals surface area contributed by atoms with Crippen molar-refractivity contribution in [1.82, 2.24) is 14.5 Å². The molecule has 19 heavy (non-hydrogen) atoms. The third kappa shape index (κ3) is 2.30. The fourth-order valence-electron chi connectivity index (χ4n) is 1.39. The van der Waals surface area contributed by atoms with Crippen molar-refractivity contribution < 1.29 is 9.50 Å². The van der Waals surface area contributed by atoms with Gasteiger partial charge in [-0.1, -0.05) is 20.8 Å². The van der Waals surface area contributed by atoms with Gasteiger partial charge >= 0.3 is 5.69 Å². The SMILES string of the molecule is CC(C)(C)c1csc(-n2c(O)c(F)c(=O)[nH]c2=O)n1. The molecule has 0 atom stereocenters. The van der Waals surface area contributed by atoms with Crippen LogP contribution in [-0.4, -0.2) is 19.6 Å². The van der Waals surface area contributed by atoms with Gasteiger partial charge in [0, 0.05) is 10.8 Å². The number of hydrogen-bond acceptors (Lipinski definition) is 5. The fourth-order valence-corrected chi connectivity index (χ4v) is 2.44. The first kappa shape index (κ1) is 13.5. The monoisotopic (exact) mass is 285 g/mol. The maximum atomic E-state index is 13.3. The molecular weight excluding hydrogens is 273 g/mol. The van der Waals surface area contributed by atoms with Crippen LogP contribution in [0.25, 0.3) is 5.13 Å². The average molecular weight is 285 g/mol. The summed E-state index contributed by atoms with van der Waals surface area (Å²) < 4.78 is 14.0. The van der Waals surface area contributed by atoms with Crippen molar-refractivity contribution in [2.24, 2.45) is 0 Å². The molecule has 0 radical (unpaired) electrons. The Morgan fingerprint density at radius 1 is 1.42 bits per heavy atom. The van der Waals surface area contributed by atoms with Gasteiger partial charge in [0.25, 0.3) is 5.56 Å². The van der Waals surface area contributed by atoms with Crippen molar-refractivity contribution in [1.29, 1.82) is 0 Å². The number of aromatic amines is 1. The summed E-state index contributed by atoms with van der Waals surface area (Å²) in [6.45, 7) is 5.80. The molecule has 8 heteroatoms. The molecule has 2 heterocycles. The Morgan fingerprint density at radius 3 is 2.58 bits per heavy atom. The average Bonchev–Trinajstić information content (AvgIpc) is 2.75. The van der Waals surface area contributed by atoms with E-state index in [-0.39, 0.29) is 10.5 Å². The summed E-state index contributed by atoms with van der Waals surface area (Å²) in [5, 5.41) is 11.4. The largest absolute Gasteiger partial charge is 0.492 e. The van der Waals surface area contributed by atoms with E-state index in [1.54, 1.807) is 10.4 Å². The Bertz CT molecular complexity index is 739. The predicted molar refractivity (Wildman–Crippen MR) is 68.7 cm³/mol. The minimum absolute atomic E-state index is 0.0996. The molecular formula is C11H12FN3O3S. The van der Waals surface area contributed by atoms with Gasteiger partial charge in [-0.15, -0.1) is 11.3 Å². The van der Waals surface area contributed by atoms with Crippen LogP contribution in [0.1, 0.15) is 26.5 Å². The van der Waals surface area contributed by atoms with Crippen LogP contribution >= 0.6 is 11.3 Å². The third-order valence-corrected chi connectivity index (χ3v) is 3.31. The van der Waals surface area contributed by atoms with Gasteiger partial charge in [0.1, 0.15) is 0 Å². The molecule has 0 aliphatic heterocycles. The highest BCUT2D eigenvalue weighted by Gasteiger charge is 2.21. The first-order chi connectivity index (χ1) is 8.71. The van der Waals surface area contributed by atoms with Crippen molar-refractivity contribution in [2.45, 2.75) is 26.2 Å². The highest BCUT2D eigenvalue weighted by molar-refractivity contribution is 7.12. The lowest BCUT2D eigenvalue weighted by Gasteiger charge is -2.14. The van der Waals surface area contributed by atoms with Crippen molar-refractivity contribution in [3.63, 3.8) is 0 Å². The van der Waals surface area contributed by atoms with Crippen LogP contribution in [0.5, 0.6) is 5.88 Å². The number of H-pyrrole nitrogens is 1. The molecule has 0 amide bonds. The number of nitrogens with one attached hydrogen (secondary N) is 1. The van der Waals surface area contributed by atoms with Gasteiger partial charge in [-0.2, -0.15) is 4.39 Å². The number of aromatic hydroxyl groups is 1. The lowest BCUT2D eigenvalue weighted by Crippen LogP contribution is -2.31. The van der Waals surface area contributed by atoms with E-state index in [1.807, 2.05) is 20.8 Å². The number of aromatic nitrogens is 3. The van der Waals surface area contributed by atoms with Crippen LogP contribution in [0.4, 0.5) is 4.39 Å². The van der Waals surface area contributed by atoms with Gasteiger partial charge in [0.15, 0.2) is 0 Å². The van der Waals surface area contributed by atoms with Gasteiger partial charge < -0.3 is 5.11 Å². The molecule has 0 saturated heterocycles. The van der Waals surface area contributed by atoms with Crippen LogP contribution in [0.2, 0.25) is 0 Å². The number of rotatable bonds is 1. The molecule has 0 spiro atoms. The Morgan fingerprint density at radius 2 is 2.05 bits per heavy atom. The lowest BCUT2D eigenvalue weighted by atomic mass is 9.93. The topological polar surface area (TPSA) is 88.0 Å². The second kappa shape index (κ2) is 4.30. The number of halogens is 1. The predicted octanol–water partition coefficient (Wildman–Crippen LogP) is 1.12. The van der Waals surface area contributed by atoms with Crippen molar-refractivity contribution in [3.05, 3.63) is 37.7 Å². The standard InChI is InChI=1S/C11H12FN3O3S/c1-11(2,3)5-4-19-10(13-5)15-8(17)6(12)7(16)14-9(15)18/h4,17H,1-3H3,(H,14,16,18). The first-order valence-corrected chi connectivity index (χ1v) is 6.30. The Kier molecular flexibility index (Phi) is 3.05. The van der Waals surface area contributed by atoms with Crippen LogP contribution < -0.4 is 11.2 Å². The molecule has 0 bridgehead atoms. The summed E-state index contributed by atoms with van der Waals surface area (Å²) in [6.07, 6.45) is 0. The molecule has 2 rings (SSSR count). The second-order valence-electron chi connectivity index (χ2n) is 5.00. The summed E-state index contributed by atoms with van der Waals surface area (Å²) in [6, 6.07) is 0. The Balaban J connectivity index is 2.67. The van der Waals surface area contributed by atoms with E-state index in [4.69, 9.17) is 0 Å².